The molecule has 0 spiro atoms. The summed E-state index contributed by atoms with van der Waals surface area (Å²) in [5, 5.41) is 0. The number of rotatable bonds is 6. The minimum absolute atomic E-state index is 0.270. The molecule has 0 rings (SSSR count). The van der Waals surface area contributed by atoms with Gasteiger partial charge in [0.25, 0.3) is 0 Å². The second-order valence-electron chi connectivity index (χ2n) is 5.16. The van der Waals surface area contributed by atoms with Crippen LogP contribution in [0.3, 0.4) is 0 Å². The van der Waals surface area contributed by atoms with Gasteiger partial charge in [0.15, 0.2) is 12.2 Å². The number of halogens is 14. The van der Waals surface area contributed by atoms with Crippen molar-refractivity contribution in [2.45, 2.75) is 62.1 Å². The minimum Gasteiger partial charge on any atom is -0.425 e. The van der Waals surface area contributed by atoms with Crippen molar-refractivity contribution in [3.63, 3.8) is 0 Å². The molecule has 17 heteroatoms. The number of ether oxygens (including phenoxy) is 2. The lowest BCUT2D eigenvalue weighted by atomic mass is 10.1. The van der Waals surface area contributed by atoms with Crippen molar-refractivity contribution in [1.82, 2.24) is 0 Å². The lowest BCUT2D eigenvalue weighted by Gasteiger charge is -2.33. The maximum absolute atomic E-state index is 13.1. The van der Waals surface area contributed by atoms with E-state index in [2.05, 4.69) is 9.47 Å². The quantitative estimate of drug-likeness (QED) is 0.388. The van der Waals surface area contributed by atoms with Crippen LogP contribution in [-0.4, -0.2) is 54.4 Å². The van der Waals surface area contributed by atoms with Gasteiger partial charge < -0.3 is 9.47 Å². The van der Waals surface area contributed by atoms with E-state index in [0.717, 1.165) is 0 Å². The minimum atomic E-state index is -6.85. The molecule has 0 aromatic rings. The van der Waals surface area contributed by atoms with E-state index < -0.39 is 54.4 Å². The van der Waals surface area contributed by atoms with Gasteiger partial charge in [0.05, 0.1) is 0 Å². The predicted molar refractivity (Wildman–Crippen MR) is 58.4 cm³/mol. The summed E-state index contributed by atoms with van der Waals surface area (Å²) in [6.45, 7) is -0.540. The van der Waals surface area contributed by atoms with Crippen LogP contribution < -0.4 is 0 Å². The molecule has 0 saturated carbocycles. The second-order valence-corrected chi connectivity index (χ2v) is 5.16. The third kappa shape index (κ3) is 4.47. The maximum atomic E-state index is 13.1. The Morgan fingerprint density at radius 3 is 0.964 bits per heavy atom. The fraction of sp³-hybridized carbons (Fsp3) is 0.909. The lowest BCUT2D eigenvalue weighted by Crippen LogP contribution is -2.59. The van der Waals surface area contributed by atoms with Gasteiger partial charge in [0.1, 0.15) is 0 Å². The van der Waals surface area contributed by atoms with E-state index in [1.807, 2.05) is 0 Å². The molecule has 0 aromatic carbocycles. The van der Waals surface area contributed by atoms with Crippen LogP contribution in [0.15, 0.2) is 0 Å². The zero-order valence-electron chi connectivity index (χ0n) is 13.2. The molecule has 0 bridgehead atoms. The van der Waals surface area contributed by atoms with Gasteiger partial charge >= 0.3 is 42.2 Å². The fourth-order valence-corrected chi connectivity index (χ4v) is 1.35. The normalized spacial score (nSPS) is 17.1. The molecule has 3 nitrogen and oxygen atoms in total. The van der Waals surface area contributed by atoms with E-state index in [1.54, 1.807) is 0 Å². The van der Waals surface area contributed by atoms with Crippen LogP contribution in [0.2, 0.25) is 0 Å². The number of hydrogen-bond acceptors (Lipinski definition) is 3. The molecule has 0 amide bonds. The van der Waals surface area contributed by atoms with Crippen LogP contribution in [-0.2, 0) is 9.47 Å². The van der Waals surface area contributed by atoms with E-state index in [0.29, 0.717) is 0 Å². The molecule has 2 atom stereocenters. The Labute approximate surface area is 145 Å². The molecule has 0 fully saturated rings. The van der Waals surface area contributed by atoms with Crippen molar-refractivity contribution in [2.75, 3.05) is 0 Å². The Morgan fingerprint density at radius 2 is 0.786 bits per heavy atom. The number of alkyl halides is 14. The Kier molecular flexibility index (Phi) is 6.83. The van der Waals surface area contributed by atoms with Gasteiger partial charge in [-0.15, -0.1) is 0 Å². The highest BCUT2D eigenvalue weighted by Gasteiger charge is 2.77. The summed E-state index contributed by atoms with van der Waals surface area (Å²) >= 11 is 0. The SMILES string of the molecule is CC(OC(=O)OC(C)C(F)(F)C(F)(F)C(F)(F)F)C(F)(F)C(F)(F)C(F)(F)F. The highest BCUT2D eigenvalue weighted by molar-refractivity contribution is 5.60. The highest BCUT2D eigenvalue weighted by Crippen LogP contribution is 2.50. The molecule has 0 aliphatic heterocycles. The van der Waals surface area contributed by atoms with Gasteiger partial charge in [-0.3, -0.25) is 0 Å². The first-order valence-electron chi connectivity index (χ1n) is 6.46. The Bertz CT molecular complexity index is 516. The van der Waals surface area contributed by atoms with Crippen LogP contribution in [0.25, 0.3) is 0 Å². The molecule has 0 radical (unpaired) electrons. The summed E-state index contributed by atoms with van der Waals surface area (Å²) in [6, 6.07) is 0. The van der Waals surface area contributed by atoms with Crippen LogP contribution in [0, 0.1) is 0 Å². The number of carbonyl (C=O) groups excluding carboxylic acids is 1. The van der Waals surface area contributed by atoms with Gasteiger partial charge in [-0.05, 0) is 13.8 Å². The molecular weight excluding hydrogens is 446 g/mol. The molecule has 168 valence electrons. The predicted octanol–water partition coefficient (Wildman–Crippen LogP) is 5.58. The van der Waals surface area contributed by atoms with Crippen molar-refractivity contribution in [1.29, 1.82) is 0 Å². The molecule has 0 N–H and O–H groups in total. The molecule has 0 aliphatic carbocycles. The average Bonchev–Trinajstić information content (AvgIpc) is 2.43. The number of carbonyl (C=O) groups is 1. The maximum Gasteiger partial charge on any atom is 0.509 e. The van der Waals surface area contributed by atoms with Gasteiger partial charge in [0, 0.05) is 0 Å². The van der Waals surface area contributed by atoms with Crippen molar-refractivity contribution < 1.29 is 75.7 Å². The van der Waals surface area contributed by atoms with Crippen molar-refractivity contribution >= 4 is 6.16 Å². The molecular formula is C11H8F14O3. The first kappa shape index (κ1) is 26.3. The second kappa shape index (κ2) is 7.27. The summed E-state index contributed by atoms with van der Waals surface area (Å²) in [7, 11) is 0. The summed E-state index contributed by atoms with van der Waals surface area (Å²) in [5.74, 6) is -26.0. The van der Waals surface area contributed by atoms with Crippen molar-refractivity contribution in [2.24, 2.45) is 0 Å². The largest absolute Gasteiger partial charge is 0.509 e. The molecule has 0 aliphatic rings. The first-order valence-corrected chi connectivity index (χ1v) is 6.46. The number of hydrogen-bond donors (Lipinski definition) is 0. The topological polar surface area (TPSA) is 35.5 Å². The van der Waals surface area contributed by atoms with E-state index in [1.165, 1.54) is 0 Å². The third-order valence-corrected chi connectivity index (χ3v) is 3.12. The van der Waals surface area contributed by atoms with Crippen LogP contribution >= 0.6 is 0 Å². The van der Waals surface area contributed by atoms with E-state index in [9.17, 15) is 66.3 Å². The summed E-state index contributed by atoms with van der Waals surface area (Å²) < 4.78 is 181. The standard InChI is InChI=1S/C11H8F14O3/c1-3(6(12,13)8(16,17)10(20,21)22)27-5(26)28-4(2)7(14,15)9(18,19)11(23,24)25/h3-4H,1-2H3. The third-order valence-electron chi connectivity index (χ3n) is 3.12. The first-order chi connectivity index (χ1) is 11.9. The Morgan fingerprint density at radius 1 is 0.571 bits per heavy atom. The van der Waals surface area contributed by atoms with Crippen molar-refractivity contribution in [3.05, 3.63) is 0 Å². The smallest absolute Gasteiger partial charge is 0.425 e. The zero-order valence-corrected chi connectivity index (χ0v) is 13.2. The Balaban J connectivity index is 5.36. The van der Waals surface area contributed by atoms with Crippen LogP contribution in [0.5, 0.6) is 0 Å². The average molecular weight is 454 g/mol. The van der Waals surface area contributed by atoms with Crippen LogP contribution in [0.4, 0.5) is 66.3 Å². The highest BCUT2D eigenvalue weighted by atomic mass is 19.4. The monoisotopic (exact) mass is 454 g/mol. The fourth-order valence-electron chi connectivity index (χ4n) is 1.35. The Hall–Kier alpha value is -1.71. The molecule has 0 saturated heterocycles. The lowest BCUT2D eigenvalue weighted by molar-refractivity contribution is -0.373. The molecule has 0 heterocycles. The van der Waals surface area contributed by atoms with Gasteiger partial charge in [-0.1, -0.05) is 0 Å². The van der Waals surface area contributed by atoms with E-state index in [-0.39, 0.29) is 13.8 Å². The molecule has 28 heavy (non-hydrogen) atoms. The summed E-state index contributed by atoms with van der Waals surface area (Å²) in [6.07, 6.45) is -24.1. The summed E-state index contributed by atoms with van der Waals surface area (Å²) in [4.78, 5) is 10.9. The van der Waals surface area contributed by atoms with E-state index in [4.69, 9.17) is 0 Å². The van der Waals surface area contributed by atoms with Gasteiger partial charge in [-0.25, -0.2) is 4.79 Å². The van der Waals surface area contributed by atoms with Crippen molar-refractivity contribution in [3.8, 4) is 0 Å². The van der Waals surface area contributed by atoms with Gasteiger partial charge in [0.2, 0.25) is 0 Å². The van der Waals surface area contributed by atoms with Crippen LogP contribution in [0.1, 0.15) is 13.8 Å². The van der Waals surface area contributed by atoms with E-state index >= 15 is 0 Å². The zero-order chi connectivity index (χ0) is 23.1. The molecule has 0 aromatic heterocycles. The summed E-state index contributed by atoms with van der Waals surface area (Å²) in [5.41, 5.74) is 0. The molecule has 2 unspecified atom stereocenters. The van der Waals surface area contributed by atoms with Gasteiger partial charge in [-0.2, -0.15) is 61.5 Å².